The van der Waals surface area contributed by atoms with Gasteiger partial charge in [0, 0.05) is 5.56 Å². The van der Waals surface area contributed by atoms with E-state index in [-0.39, 0.29) is 17.0 Å². The number of nitrogens with zero attached hydrogens (tertiary/aromatic N) is 2. The van der Waals surface area contributed by atoms with Crippen LogP contribution in [0.25, 0.3) is 11.0 Å². The molecule has 2 aromatic rings. The summed E-state index contributed by atoms with van der Waals surface area (Å²) < 4.78 is 24.5. The molecular weight excluding hydrogens is 317 g/mol. The van der Waals surface area contributed by atoms with Gasteiger partial charge in [-0.2, -0.15) is 0 Å². The van der Waals surface area contributed by atoms with Crippen LogP contribution in [0.5, 0.6) is 5.88 Å². The molecule has 0 saturated carbocycles. The Morgan fingerprint density at radius 1 is 1.42 bits per heavy atom. The van der Waals surface area contributed by atoms with E-state index in [0.717, 1.165) is 0 Å². The topological polar surface area (TPSA) is 93.6 Å². The number of alkyl carbamates (subject to hydrolysis) is 1. The van der Waals surface area contributed by atoms with Gasteiger partial charge in [0.2, 0.25) is 5.88 Å². The molecule has 2 N–H and O–H groups in total. The van der Waals surface area contributed by atoms with Crippen molar-refractivity contribution in [2.75, 3.05) is 13.7 Å². The third kappa shape index (κ3) is 4.08. The first-order valence-electron chi connectivity index (χ1n) is 7.34. The van der Waals surface area contributed by atoms with Gasteiger partial charge in [0.05, 0.1) is 31.5 Å². The minimum absolute atomic E-state index is 0.0206. The first kappa shape index (κ1) is 17.9. The smallest absolute Gasteiger partial charge is 0.408 e. The van der Waals surface area contributed by atoms with E-state index < -0.39 is 30.2 Å². The molecule has 0 spiro atoms. The number of fused-ring (bicyclic) bond motifs is 1. The van der Waals surface area contributed by atoms with Crippen molar-refractivity contribution in [3.05, 3.63) is 29.7 Å². The number of carbonyl (C=O) groups excluding carboxylic acids is 1. The molecule has 130 valence electrons. The molecule has 1 atom stereocenters. The summed E-state index contributed by atoms with van der Waals surface area (Å²) in [4.78, 5) is 20.3. The maximum Gasteiger partial charge on any atom is 0.408 e. The Bertz CT molecular complexity index is 746. The Morgan fingerprint density at radius 3 is 2.71 bits per heavy atom. The fourth-order valence-corrected chi connectivity index (χ4v) is 2.15. The lowest BCUT2D eigenvalue weighted by atomic mass is 10.0. The molecule has 0 aliphatic carbocycles. The molecule has 7 nitrogen and oxygen atoms in total. The van der Waals surface area contributed by atoms with Gasteiger partial charge in [-0.05, 0) is 32.9 Å². The average Bonchev–Trinajstić information content (AvgIpc) is 2.50. The quantitative estimate of drug-likeness (QED) is 0.889. The second-order valence-electron chi connectivity index (χ2n) is 6.12. The van der Waals surface area contributed by atoms with Crippen molar-refractivity contribution in [1.29, 1.82) is 0 Å². The number of halogens is 1. The molecule has 1 amide bonds. The Balaban J connectivity index is 2.43. The van der Waals surface area contributed by atoms with Gasteiger partial charge < -0.3 is 19.9 Å². The van der Waals surface area contributed by atoms with Crippen LogP contribution in [0.15, 0.2) is 18.3 Å². The predicted molar refractivity (Wildman–Crippen MR) is 85.2 cm³/mol. The number of methoxy groups -OCH3 is 1. The summed E-state index contributed by atoms with van der Waals surface area (Å²) in [5.41, 5.74) is -0.0851. The SMILES string of the molecule is COc1cnc2ccc(F)c(C(CO)NC(=O)OC(C)(C)C)c2n1. The second kappa shape index (κ2) is 6.96. The summed E-state index contributed by atoms with van der Waals surface area (Å²) in [5, 5.41) is 12.1. The average molecular weight is 337 g/mol. The Kier molecular flexibility index (Phi) is 5.18. The summed E-state index contributed by atoms with van der Waals surface area (Å²) in [6, 6.07) is 1.63. The van der Waals surface area contributed by atoms with Crippen molar-refractivity contribution in [3.63, 3.8) is 0 Å². The Labute approximate surface area is 138 Å². The fraction of sp³-hybridized carbons (Fsp3) is 0.438. The highest BCUT2D eigenvalue weighted by Gasteiger charge is 2.25. The summed E-state index contributed by atoms with van der Waals surface area (Å²) in [6.45, 7) is 4.58. The summed E-state index contributed by atoms with van der Waals surface area (Å²) in [5.74, 6) is -0.427. The lowest BCUT2D eigenvalue weighted by Gasteiger charge is -2.23. The number of aromatic nitrogens is 2. The van der Waals surface area contributed by atoms with Crippen molar-refractivity contribution in [1.82, 2.24) is 15.3 Å². The number of ether oxygens (including phenoxy) is 2. The van der Waals surface area contributed by atoms with Crippen LogP contribution in [0.1, 0.15) is 32.4 Å². The molecule has 24 heavy (non-hydrogen) atoms. The molecule has 0 fully saturated rings. The van der Waals surface area contributed by atoms with E-state index in [1.54, 1.807) is 20.8 Å². The van der Waals surface area contributed by atoms with Crippen LogP contribution in [0.4, 0.5) is 9.18 Å². The first-order valence-corrected chi connectivity index (χ1v) is 7.34. The van der Waals surface area contributed by atoms with Crippen LogP contribution in [-0.4, -0.2) is 40.5 Å². The molecule has 1 aromatic carbocycles. The maximum absolute atomic E-state index is 14.4. The van der Waals surface area contributed by atoms with E-state index in [2.05, 4.69) is 15.3 Å². The number of hydrogen-bond acceptors (Lipinski definition) is 6. The van der Waals surface area contributed by atoms with Crippen LogP contribution >= 0.6 is 0 Å². The summed E-state index contributed by atoms with van der Waals surface area (Å²) in [7, 11) is 1.41. The van der Waals surface area contributed by atoms with E-state index in [4.69, 9.17) is 9.47 Å². The standard InChI is InChI=1S/C16H20FN3O4/c1-16(2,3)24-15(22)19-11(8-21)13-9(17)5-6-10-14(13)20-12(23-4)7-18-10/h5-7,11,21H,8H2,1-4H3,(H,19,22). The zero-order chi connectivity index (χ0) is 17.9. The van der Waals surface area contributed by atoms with Crippen molar-refractivity contribution in [3.8, 4) is 5.88 Å². The molecule has 0 aliphatic rings. The van der Waals surface area contributed by atoms with Gasteiger partial charge >= 0.3 is 6.09 Å². The zero-order valence-electron chi connectivity index (χ0n) is 14.0. The highest BCUT2D eigenvalue weighted by Crippen LogP contribution is 2.26. The van der Waals surface area contributed by atoms with Crippen LogP contribution in [0, 0.1) is 5.82 Å². The van der Waals surface area contributed by atoms with E-state index in [1.807, 2.05) is 0 Å². The number of hydrogen-bond donors (Lipinski definition) is 2. The molecular formula is C16H20FN3O4. The molecule has 0 radical (unpaired) electrons. The number of nitrogens with one attached hydrogen (secondary N) is 1. The second-order valence-corrected chi connectivity index (χ2v) is 6.12. The molecule has 1 aromatic heterocycles. The van der Waals surface area contributed by atoms with Gasteiger partial charge in [0.25, 0.3) is 0 Å². The predicted octanol–water partition coefficient (Wildman–Crippen LogP) is 2.34. The van der Waals surface area contributed by atoms with E-state index in [9.17, 15) is 14.3 Å². The fourth-order valence-electron chi connectivity index (χ4n) is 2.15. The number of rotatable bonds is 4. The molecule has 0 bridgehead atoms. The first-order chi connectivity index (χ1) is 11.2. The van der Waals surface area contributed by atoms with Crippen LogP contribution in [0.2, 0.25) is 0 Å². The van der Waals surface area contributed by atoms with Gasteiger partial charge in [-0.15, -0.1) is 0 Å². The van der Waals surface area contributed by atoms with Crippen LogP contribution < -0.4 is 10.1 Å². The van der Waals surface area contributed by atoms with E-state index in [0.29, 0.717) is 5.52 Å². The number of amides is 1. The zero-order valence-corrected chi connectivity index (χ0v) is 14.0. The highest BCUT2D eigenvalue weighted by atomic mass is 19.1. The van der Waals surface area contributed by atoms with Crippen LogP contribution in [-0.2, 0) is 4.74 Å². The van der Waals surface area contributed by atoms with Gasteiger partial charge in [-0.3, -0.25) is 0 Å². The van der Waals surface area contributed by atoms with E-state index in [1.165, 1.54) is 25.4 Å². The van der Waals surface area contributed by atoms with Crippen molar-refractivity contribution < 1.29 is 23.8 Å². The molecule has 2 rings (SSSR count). The molecule has 1 unspecified atom stereocenters. The molecule has 8 heteroatoms. The minimum atomic E-state index is -1.04. The van der Waals surface area contributed by atoms with Crippen molar-refractivity contribution >= 4 is 17.1 Å². The lowest BCUT2D eigenvalue weighted by molar-refractivity contribution is 0.0481. The number of carbonyl (C=O) groups is 1. The number of aliphatic hydroxyl groups is 1. The summed E-state index contributed by atoms with van der Waals surface area (Å²) >= 11 is 0. The number of aliphatic hydroxyl groups excluding tert-OH is 1. The summed E-state index contributed by atoms with van der Waals surface area (Å²) in [6.07, 6.45) is 0.632. The van der Waals surface area contributed by atoms with Gasteiger partial charge in [-0.1, -0.05) is 0 Å². The van der Waals surface area contributed by atoms with Gasteiger partial charge in [-0.25, -0.2) is 19.2 Å². The lowest BCUT2D eigenvalue weighted by Crippen LogP contribution is -2.36. The molecule has 1 heterocycles. The normalized spacial score (nSPS) is 12.8. The minimum Gasteiger partial charge on any atom is -0.480 e. The molecule has 0 aliphatic heterocycles. The monoisotopic (exact) mass is 337 g/mol. The molecule has 0 saturated heterocycles. The third-order valence-corrected chi connectivity index (χ3v) is 3.11. The third-order valence-electron chi connectivity index (χ3n) is 3.11. The largest absolute Gasteiger partial charge is 0.480 e. The number of benzene rings is 1. The Morgan fingerprint density at radius 2 is 2.12 bits per heavy atom. The van der Waals surface area contributed by atoms with Crippen molar-refractivity contribution in [2.45, 2.75) is 32.4 Å². The Hall–Kier alpha value is -2.48. The van der Waals surface area contributed by atoms with Crippen molar-refractivity contribution in [2.24, 2.45) is 0 Å². The van der Waals surface area contributed by atoms with Gasteiger partial charge in [0.1, 0.15) is 16.9 Å². The van der Waals surface area contributed by atoms with E-state index >= 15 is 0 Å². The maximum atomic E-state index is 14.4. The highest BCUT2D eigenvalue weighted by molar-refractivity contribution is 5.80. The van der Waals surface area contributed by atoms with Crippen LogP contribution in [0.3, 0.4) is 0 Å². The van der Waals surface area contributed by atoms with Gasteiger partial charge in [0.15, 0.2) is 0 Å².